The van der Waals surface area contributed by atoms with Crippen LogP contribution in [0.5, 0.6) is 0 Å². The molecule has 1 fully saturated rings. The summed E-state index contributed by atoms with van der Waals surface area (Å²) in [4.78, 5) is 0. The van der Waals surface area contributed by atoms with Crippen LogP contribution in [-0.4, -0.2) is 41.1 Å². The first-order valence-corrected chi connectivity index (χ1v) is 7.39. The quantitative estimate of drug-likeness (QED) is 0.624. The predicted octanol–water partition coefficient (Wildman–Crippen LogP) is -0.362. The first kappa shape index (κ1) is 12.6. The van der Waals surface area contributed by atoms with Crippen molar-refractivity contribution >= 4 is 20.2 Å². The van der Waals surface area contributed by atoms with E-state index in [9.17, 15) is 16.8 Å². The number of hydrogen-bond acceptors (Lipinski definition) is 6. The van der Waals surface area contributed by atoms with Crippen LogP contribution in [0.1, 0.15) is 6.42 Å². The Morgan fingerprint density at radius 1 is 1.47 bits per heavy atom. The van der Waals surface area contributed by atoms with Crippen LogP contribution in [0.4, 0.5) is 0 Å². The Bertz CT molecular complexity index is 420. The van der Waals surface area contributed by atoms with Crippen molar-refractivity contribution in [2.45, 2.75) is 12.5 Å². The summed E-state index contributed by atoms with van der Waals surface area (Å²) in [6, 6.07) is 0. The van der Waals surface area contributed by atoms with Crippen molar-refractivity contribution in [3.63, 3.8) is 0 Å². The SMILES string of the molecule is C=CCOS(=O)(=O)OC1CCS(=O)(=O)C1. The average Bonchev–Trinajstić information content (AvgIpc) is 2.41. The van der Waals surface area contributed by atoms with E-state index < -0.39 is 26.3 Å². The third-order valence-electron chi connectivity index (χ3n) is 1.77. The van der Waals surface area contributed by atoms with Crippen molar-refractivity contribution in [1.82, 2.24) is 0 Å². The van der Waals surface area contributed by atoms with E-state index >= 15 is 0 Å². The lowest BCUT2D eigenvalue weighted by Crippen LogP contribution is -2.21. The van der Waals surface area contributed by atoms with Gasteiger partial charge in [-0.1, -0.05) is 6.08 Å². The molecule has 1 aliphatic heterocycles. The van der Waals surface area contributed by atoms with Gasteiger partial charge in [0.05, 0.1) is 24.2 Å². The molecule has 0 amide bonds. The summed E-state index contributed by atoms with van der Waals surface area (Å²) < 4.78 is 53.1. The molecule has 0 saturated carbocycles. The Kier molecular flexibility index (Phi) is 3.87. The molecule has 0 aromatic rings. The fourth-order valence-electron chi connectivity index (χ4n) is 1.16. The minimum absolute atomic E-state index is 0.0470. The highest BCUT2D eigenvalue weighted by atomic mass is 32.3. The van der Waals surface area contributed by atoms with Crippen LogP contribution in [0.15, 0.2) is 12.7 Å². The zero-order valence-electron chi connectivity index (χ0n) is 7.96. The lowest BCUT2D eigenvalue weighted by atomic mass is 10.3. The highest BCUT2D eigenvalue weighted by Gasteiger charge is 2.32. The molecule has 1 atom stereocenters. The second kappa shape index (κ2) is 4.60. The van der Waals surface area contributed by atoms with E-state index in [0.29, 0.717) is 0 Å². The minimum atomic E-state index is -4.11. The van der Waals surface area contributed by atoms with E-state index in [1.807, 2.05) is 0 Å². The topological polar surface area (TPSA) is 86.7 Å². The van der Waals surface area contributed by atoms with Crippen molar-refractivity contribution in [3.8, 4) is 0 Å². The van der Waals surface area contributed by atoms with Gasteiger partial charge in [0.2, 0.25) is 0 Å². The molecule has 0 N–H and O–H groups in total. The lowest BCUT2D eigenvalue weighted by Gasteiger charge is -2.08. The third-order valence-corrected chi connectivity index (χ3v) is 4.44. The van der Waals surface area contributed by atoms with Crippen molar-refractivity contribution in [2.24, 2.45) is 0 Å². The maximum Gasteiger partial charge on any atom is 0.400 e. The van der Waals surface area contributed by atoms with Gasteiger partial charge in [0.15, 0.2) is 9.84 Å². The van der Waals surface area contributed by atoms with Crippen LogP contribution in [0.25, 0.3) is 0 Å². The lowest BCUT2D eigenvalue weighted by molar-refractivity contribution is 0.180. The molecular weight excluding hydrogens is 244 g/mol. The van der Waals surface area contributed by atoms with Gasteiger partial charge in [-0.25, -0.2) is 16.8 Å². The standard InChI is InChI=1S/C7H12O6S2/c1-2-4-12-15(10,11)13-7-3-5-14(8,9)6-7/h2,7H,1,3-6H2. The maximum atomic E-state index is 11.1. The Labute approximate surface area is 89.1 Å². The molecule has 0 bridgehead atoms. The molecule has 0 aromatic carbocycles. The molecule has 0 aliphatic carbocycles. The fraction of sp³-hybridized carbons (Fsp3) is 0.714. The van der Waals surface area contributed by atoms with Crippen LogP contribution in [0, 0.1) is 0 Å². The van der Waals surface area contributed by atoms with Crippen molar-refractivity contribution in [2.75, 3.05) is 18.1 Å². The molecular formula is C7H12O6S2. The van der Waals surface area contributed by atoms with Gasteiger partial charge in [-0.2, -0.15) is 8.42 Å². The van der Waals surface area contributed by atoms with Gasteiger partial charge < -0.3 is 0 Å². The Morgan fingerprint density at radius 2 is 2.13 bits per heavy atom. The predicted molar refractivity (Wildman–Crippen MR) is 53.2 cm³/mol. The van der Waals surface area contributed by atoms with Crippen molar-refractivity contribution < 1.29 is 25.2 Å². The Morgan fingerprint density at radius 3 is 2.60 bits per heavy atom. The monoisotopic (exact) mass is 256 g/mol. The van der Waals surface area contributed by atoms with E-state index in [4.69, 9.17) is 0 Å². The van der Waals surface area contributed by atoms with Gasteiger partial charge in [-0.05, 0) is 6.42 Å². The van der Waals surface area contributed by atoms with E-state index in [1.54, 1.807) is 0 Å². The zero-order valence-corrected chi connectivity index (χ0v) is 9.59. The van der Waals surface area contributed by atoms with Gasteiger partial charge in [0.1, 0.15) is 0 Å². The fourth-order valence-corrected chi connectivity index (χ4v) is 3.65. The number of sulfone groups is 1. The molecule has 1 saturated heterocycles. The molecule has 6 nitrogen and oxygen atoms in total. The minimum Gasteiger partial charge on any atom is -0.244 e. The van der Waals surface area contributed by atoms with Crippen LogP contribution < -0.4 is 0 Å². The molecule has 1 unspecified atom stereocenters. The average molecular weight is 256 g/mol. The van der Waals surface area contributed by atoms with E-state index in [1.165, 1.54) is 6.08 Å². The summed E-state index contributed by atoms with van der Waals surface area (Å²) in [5.74, 6) is -0.321. The molecule has 1 heterocycles. The molecule has 88 valence electrons. The van der Waals surface area contributed by atoms with Crippen molar-refractivity contribution in [3.05, 3.63) is 12.7 Å². The Balaban J connectivity index is 2.52. The van der Waals surface area contributed by atoms with Crippen LogP contribution in [-0.2, 0) is 28.6 Å². The van der Waals surface area contributed by atoms with Gasteiger partial charge in [-0.3, -0.25) is 0 Å². The number of rotatable bonds is 5. The second-order valence-electron chi connectivity index (χ2n) is 3.10. The molecule has 0 aromatic heterocycles. The van der Waals surface area contributed by atoms with E-state index in [0.717, 1.165) is 0 Å². The summed E-state index contributed by atoms with van der Waals surface area (Å²) in [5.41, 5.74) is 0. The van der Waals surface area contributed by atoms with Crippen LogP contribution >= 0.6 is 0 Å². The Hall–Kier alpha value is -0.440. The summed E-state index contributed by atoms with van der Waals surface area (Å²) >= 11 is 0. The number of hydrogen-bond donors (Lipinski definition) is 0. The van der Waals surface area contributed by atoms with E-state index in [2.05, 4.69) is 14.9 Å². The highest BCUT2D eigenvalue weighted by molar-refractivity contribution is 7.91. The first-order chi connectivity index (χ1) is 6.85. The molecule has 1 rings (SSSR count). The molecule has 0 spiro atoms. The normalized spacial score (nSPS) is 25.2. The van der Waals surface area contributed by atoms with Crippen LogP contribution in [0.3, 0.4) is 0 Å². The third kappa shape index (κ3) is 4.29. The summed E-state index contributed by atoms with van der Waals surface area (Å²) in [7, 11) is -7.27. The first-order valence-electron chi connectivity index (χ1n) is 4.23. The smallest absolute Gasteiger partial charge is 0.244 e. The molecule has 8 heteroatoms. The summed E-state index contributed by atoms with van der Waals surface area (Å²) in [6.45, 7) is 3.09. The van der Waals surface area contributed by atoms with Gasteiger partial charge in [-0.15, -0.1) is 6.58 Å². The maximum absolute atomic E-state index is 11.1. The highest BCUT2D eigenvalue weighted by Crippen LogP contribution is 2.17. The second-order valence-corrected chi connectivity index (χ2v) is 6.58. The molecule has 15 heavy (non-hydrogen) atoms. The summed E-state index contributed by atoms with van der Waals surface area (Å²) in [5, 5.41) is 0. The van der Waals surface area contributed by atoms with Crippen LogP contribution in [0.2, 0.25) is 0 Å². The molecule has 0 radical (unpaired) electrons. The zero-order chi connectivity index (χ0) is 11.5. The van der Waals surface area contributed by atoms with Gasteiger partial charge in [0, 0.05) is 0 Å². The van der Waals surface area contributed by atoms with Gasteiger partial charge >= 0.3 is 10.4 Å². The molecule has 1 aliphatic rings. The van der Waals surface area contributed by atoms with Crippen molar-refractivity contribution in [1.29, 1.82) is 0 Å². The summed E-state index contributed by atoms with van der Waals surface area (Å²) in [6.07, 6.45) is 0.607. The van der Waals surface area contributed by atoms with E-state index in [-0.39, 0.29) is 24.5 Å². The largest absolute Gasteiger partial charge is 0.400 e. The van der Waals surface area contributed by atoms with Gasteiger partial charge in [0.25, 0.3) is 0 Å².